The van der Waals surface area contributed by atoms with Gasteiger partial charge >= 0.3 is 0 Å². The van der Waals surface area contributed by atoms with E-state index in [1.54, 1.807) is 6.07 Å². The van der Waals surface area contributed by atoms with E-state index in [1.807, 2.05) is 4.90 Å². The average Bonchev–Trinajstić information content (AvgIpc) is 3.25. The molecule has 10 heteroatoms. The highest BCUT2D eigenvalue weighted by Gasteiger charge is 2.23. The summed E-state index contributed by atoms with van der Waals surface area (Å²) in [5.41, 5.74) is 4.79. The standard InChI is InChI=1S/C19H19FN4O5/c20-15-5-1-2-6-17(15)29-12-18(25)21-22-19(26)14-11-13(24(27)28)7-8-16(14)23-9-3-4-10-23/h1-2,5-8,11H,3-4,9-10,12H2,(H,21,25)(H,22,26). The Bertz CT molecular complexity index is 931. The third-order valence-corrected chi connectivity index (χ3v) is 4.39. The molecule has 1 heterocycles. The first-order chi connectivity index (χ1) is 14.0. The number of non-ortho nitro benzene ring substituents is 1. The monoisotopic (exact) mass is 402 g/mol. The van der Waals surface area contributed by atoms with Gasteiger partial charge in [0.1, 0.15) is 0 Å². The van der Waals surface area contributed by atoms with Gasteiger partial charge in [0.25, 0.3) is 17.5 Å². The van der Waals surface area contributed by atoms with Gasteiger partial charge < -0.3 is 9.64 Å². The maximum Gasteiger partial charge on any atom is 0.276 e. The maximum atomic E-state index is 13.5. The molecule has 1 fully saturated rings. The van der Waals surface area contributed by atoms with E-state index in [4.69, 9.17) is 4.74 Å². The first kappa shape index (κ1) is 20.1. The predicted molar refractivity (Wildman–Crippen MR) is 102 cm³/mol. The number of hydrazine groups is 1. The number of nitrogens with zero attached hydrogens (tertiary/aromatic N) is 2. The van der Waals surface area contributed by atoms with Crippen LogP contribution in [-0.2, 0) is 4.79 Å². The number of benzene rings is 2. The van der Waals surface area contributed by atoms with Gasteiger partial charge in [-0.2, -0.15) is 0 Å². The summed E-state index contributed by atoms with van der Waals surface area (Å²) in [6.45, 7) is 0.955. The molecule has 1 saturated heterocycles. The van der Waals surface area contributed by atoms with Crippen LogP contribution >= 0.6 is 0 Å². The second kappa shape index (κ2) is 9.00. The number of rotatable bonds is 6. The molecule has 0 saturated carbocycles. The lowest BCUT2D eigenvalue weighted by molar-refractivity contribution is -0.384. The fourth-order valence-corrected chi connectivity index (χ4v) is 2.99. The number of para-hydroxylation sites is 1. The van der Waals surface area contributed by atoms with Crippen molar-refractivity contribution in [3.8, 4) is 5.75 Å². The molecule has 0 radical (unpaired) electrons. The van der Waals surface area contributed by atoms with E-state index in [9.17, 15) is 24.1 Å². The molecule has 29 heavy (non-hydrogen) atoms. The second-order valence-corrected chi connectivity index (χ2v) is 6.37. The van der Waals surface area contributed by atoms with Gasteiger partial charge in [-0.25, -0.2) is 4.39 Å². The zero-order chi connectivity index (χ0) is 20.8. The van der Waals surface area contributed by atoms with Gasteiger partial charge in [-0.1, -0.05) is 12.1 Å². The summed E-state index contributed by atoms with van der Waals surface area (Å²) in [6.07, 6.45) is 1.92. The van der Waals surface area contributed by atoms with E-state index in [2.05, 4.69) is 10.9 Å². The Labute approximate surface area is 165 Å². The predicted octanol–water partition coefficient (Wildman–Crippen LogP) is 2.17. The highest BCUT2D eigenvalue weighted by molar-refractivity contribution is 6.01. The maximum absolute atomic E-state index is 13.5. The molecule has 2 aromatic rings. The molecule has 2 N–H and O–H groups in total. The van der Waals surface area contributed by atoms with E-state index in [-0.39, 0.29) is 17.0 Å². The molecule has 0 unspecified atom stereocenters. The summed E-state index contributed by atoms with van der Waals surface area (Å²) < 4.78 is 18.5. The van der Waals surface area contributed by atoms with Gasteiger partial charge in [0.05, 0.1) is 16.2 Å². The summed E-state index contributed by atoms with van der Waals surface area (Å²) in [4.78, 5) is 36.9. The van der Waals surface area contributed by atoms with E-state index in [1.165, 1.54) is 36.4 Å². The number of nitrogens with one attached hydrogen (secondary N) is 2. The molecular formula is C19H19FN4O5. The number of hydrogen-bond donors (Lipinski definition) is 2. The summed E-state index contributed by atoms with van der Waals surface area (Å²) >= 11 is 0. The van der Waals surface area contributed by atoms with E-state index >= 15 is 0 Å². The first-order valence-electron chi connectivity index (χ1n) is 8.95. The van der Waals surface area contributed by atoms with Crippen LogP contribution in [0, 0.1) is 15.9 Å². The molecule has 3 rings (SSSR count). The van der Waals surface area contributed by atoms with Gasteiger partial charge in [-0.05, 0) is 31.0 Å². The van der Waals surface area contributed by atoms with Crippen molar-refractivity contribution >= 4 is 23.2 Å². The molecule has 0 atom stereocenters. The van der Waals surface area contributed by atoms with Crippen LogP contribution in [0.25, 0.3) is 0 Å². The molecule has 0 aromatic heterocycles. The van der Waals surface area contributed by atoms with Crippen LogP contribution < -0.4 is 20.5 Å². The van der Waals surface area contributed by atoms with Gasteiger partial charge in [0, 0.05) is 25.2 Å². The SMILES string of the molecule is O=C(COc1ccccc1F)NNC(=O)c1cc([N+](=O)[O-])ccc1N1CCCC1. The van der Waals surface area contributed by atoms with Gasteiger partial charge in [-0.3, -0.25) is 30.6 Å². The molecule has 152 valence electrons. The number of ether oxygens (including phenoxy) is 1. The molecule has 1 aliphatic rings. The zero-order valence-electron chi connectivity index (χ0n) is 15.4. The smallest absolute Gasteiger partial charge is 0.276 e. The van der Waals surface area contributed by atoms with Crippen LogP contribution in [0.15, 0.2) is 42.5 Å². The van der Waals surface area contributed by atoms with E-state index in [0.717, 1.165) is 25.9 Å². The molecule has 0 spiro atoms. The minimum absolute atomic E-state index is 0.0800. The van der Waals surface area contributed by atoms with Crippen molar-refractivity contribution in [1.82, 2.24) is 10.9 Å². The van der Waals surface area contributed by atoms with Crippen LogP contribution in [0.2, 0.25) is 0 Å². The van der Waals surface area contributed by atoms with Crippen molar-refractivity contribution in [3.05, 3.63) is 64.0 Å². The Kier molecular flexibility index (Phi) is 6.22. The van der Waals surface area contributed by atoms with Gasteiger partial charge in [0.2, 0.25) is 0 Å². The summed E-state index contributed by atoms with van der Waals surface area (Å²) in [5.74, 6) is -2.12. The fourth-order valence-electron chi connectivity index (χ4n) is 2.99. The Balaban J connectivity index is 1.64. The highest BCUT2D eigenvalue weighted by atomic mass is 19.1. The Morgan fingerprint density at radius 1 is 1.14 bits per heavy atom. The van der Waals surface area contributed by atoms with Crippen LogP contribution in [0.5, 0.6) is 5.75 Å². The number of carbonyl (C=O) groups excluding carboxylic acids is 2. The van der Waals surface area contributed by atoms with Gasteiger partial charge in [0.15, 0.2) is 18.2 Å². The number of anilines is 1. The molecular weight excluding hydrogens is 383 g/mol. The largest absolute Gasteiger partial charge is 0.481 e. The Morgan fingerprint density at radius 2 is 1.86 bits per heavy atom. The lowest BCUT2D eigenvalue weighted by Gasteiger charge is -2.21. The Morgan fingerprint density at radius 3 is 2.55 bits per heavy atom. The van der Waals surface area contributed by atoms with Crippen LogP contribution in [0.4, 0.5) is 15.8 Å². The van der Waals surface area contributed by atoms with Crippen LogP contribution in [0.3, 0.4) is 0 Å². The van der Waals surface area contributed by atoms with Crippen molar-refractivity contribution < 1.29 is 23.6 Å². The van der Waals surface area contributed by atoms with Gasteiger partial charge in [-0.15, -0.1) is 0 Å². The third-order valence-electron chi connectivity index (χ3n) is 4.39. The van der Waals surface area contributed by atoms with Crippen LogP contribution in [-0.4, -0.2) is 36.4 Å². The number of nitro benzene ring substituents is 1. The molecule has 0 aliphatic carbocycles. The average molecular weight is 402 g/mol. The third kappa shape index (κ3) is 4.98. The normalized spacial score (nSPS) is 13.1. The molecule has 2 amide bonds. The molecule has 9 nitrogen and oxygen atoms in total. The zero-order valence-corrected chi connectivity index (χ0v) is 15.4. The van der Waals surface area contributed by atoms with E-state index < -0.39 is 29.2 Å². The quantitative estimate of drug-likeness (QED) is 0.566. The summed E-state index contributed by atoms with van der Waals surface area (Å²) in [7, 11) is 0. The lowest BCUT2D eigenvalue weighted by atomic mass is 10.1. The van der Waals surface area contributed by atoms with E-state index in [0.29, 0.717) is 5.69 Å². The molecule has 2 aromatic carbocycles. The number of carbonyl (C=O) groups is 2. The summed E-state index contributed by atoms with van der Waals surface area (Å²) in [5, 5.41) is 11.1. The minimum atomic E-state index is -0.713. The topological polar surface area (TPSA) is 114 Å². The minimum Gasteiger partial charge on any atom is -0.481 e. The number of hydrogen-bond acceptors (Lipinski definition) is 6. The lowest BCUT2D eigenvalue weighted by Crippen LogP contribution is -2.44. The van der Waals surface area contributed by atoms with Crippen molar-refractivity contribution in [2.75, 3.05) is 24.6 Å². The molecule has 0 bridgehead atoms. The van der Waals surface area contributed by atoms with Crippen molar-refractivity contribution in [1.29, 1.82) is 0 Å². The van der Waals surface area contributed by atoms with Crippen molar-refractivity contribution in [3.63, 3.8) is 0 Å². The Hall–Kier alpha value is -3.69. The summed E-state index contributed by atoms with van der Waals surface area (Å²) in [6, 6.07) is 9.64. The van der Waals surface area contributed by atoms with Crippen molar-refractivity contribution in [2.24, 2.45) is 0 Å². The number of halogens is 1. The number of amides is 2. The van der Waals surface area contributed by atoms with Crippen LogP contribution in [0.1, 0.15) is 23.2 Å². The first-order valence-corrected chi connectivity index (χ1v) is 8.95. The fraction of sp³-hybridized carbons (Fsp3) is 0.263. The second-order valence-electron chi connectivity index (χ2n) is 6.37. The van der Waals surface area contributed by atoms with Crippen molar-refractivity contribution in [2.45, 2.75) is 12.8 Å². The number of nitro groups is 1. The molecule has 1 aliphatic heterocycles. The highest BCUT2D eigenvalue weighted by Crippen LogP contribution is 2.28.